The fraction of sp³-hybridized carbons (Fsp3) is 0.684. The normalized spacial score (nSPS) is 28.7. The molecule has 1 saturated heterocycles. The van der Waals surface area contributed by atoms with Gasteiger partial charge in [-0.15, -0.1) is 0 Å². The molecule has 130 valence electrons. The second-order valence-electron chi connectivity index (χ2n) is 8.88. The number of hydrogen-bond acceptors (Lipinski definition) is 3. The number of nitrogens with one attached hydrogen (secondary N) is 1. The van der Waals surface area contributed by atoms with Gasteiger partial charge < -0.3 is 9.16 Å². The minimum Gasteiger partial charge on any atom is -0.388 e. The van der Waals surface area contributed by atoms with Crippen LogP contribution in [0, 0.1) is 5.92 Å². The van der Waals surface area contributed by atoms with Crippen LogP contribution >= 0.6 is 0 Å². The van der Waals surface area contributed by atoms with E-state index in [-0.39, 0.29) is 17.7 Å². The van der Waals surface area contributed by atoms with Crippen LogP contribution in [0.1, 0.15) is 46.2 Å². The third kappa shape index (κ3) is 4.24. The van der Waals surface area contributed by atoms with E-state index >= 15 is 0 Å². The first-order valence-corrected chi connectivity index (χ1v) is 12.1. The fourth-order valence-electron chi connectivity index (χ4n) is 3.35. The molecule has 1 heterocycles. The highest BCUT2D eigenvalue weighted by atomic mass is 28.4. The summed E-state index contributed by atoms with van der Waals surface area (Å²) < 4.78 is 13.4. The smallest absolute Gasteiger partial charge is 0.195 e. The zero-order chi connectivity index (χ0) is 17.5. The maximum atomic E-state index is 6.73. The summed E-state index contributed by atoms with van der Waals surface area (Å²) in [4.78, 5) is 0. The van der Waals surface area contributed by atoms with Crippen molar-refractivity contribution in [1.29, 1.82) is 0 Å². The van der Waals surface area contributed by atoms with Crippen molar-refractivity contribution in [3.8, 4) is 0 Å². The van der Waals surface area contributed by atoms with Crippen molar-refractivity contribution in [2.75, 3.05) is 0 Å². The molecule has 3 atom stereocenters. The Morgan fingerprint density at radius 1 is 1.09 bits per heavy atom. The van der Waals surface area contributed by atoms with Gasteiger partial charge in [-0.1, -0.05) is 44.2 Å². The topological polar surface area (TPSA) is 30.5 Å². The molecule has 1 aliphatic heterocycles. The van der Waals surface area contributed by atoms with Crippen molar-refractivity contribution in [3.63, 3.8) is 0 Å². The van der Waals surface area contributed by atoms with E-state index in [0.717, 1.165) is 0 Å². The molecule has 0 saturated carbocycles. The standard InChI is InChI=1S/C19H33NO2Si/c1-14(2)16-19(21-18(3,4)5,22-23(6,7)8)17(20-16)15-12-10-9-11-13-15/h9-14,16-17,20H,1-8H3/t16-,17+,19+/m0/s1. The minimum absolute atomic E-state index is 0.0713. The molecule has 3 nitrogen and oxygen atoms in total. The molecular weight excluding hydrogens is 302 g/mol. The molecule has 1 aromatic rings. The first-order valence-electron chi connectivity index (χ1n) is 8.66. The van der Waals surface area contributed by atoms with Gasteiger partial charge in [0, 0.05) is 0 Å². The summed E-state index contributed by atoms with van der Waals surface area (Å²) in [5.41, 5.74) is 0.967. The predicted octanol–water partition coefficient (Wildman–Crippen LogP) is 4.72. The van der Waals surface area contributed by atoms with Crippen LogP contribution in [-0.4, -0.2) is 25.7 Å². The Hall–Kier alpha value is -0.683. The van der Waals surface area contributed by atoms with Gasteiger partial charge >= 0.3 is 0 Å². The molecule has 0 bridgehead atoms. The third-order valence-electron chi connectivity index (χ3n) is 3.91. The summed E-state index contributed by atoms with van der Waals surface area (Å²) in [6.45, 7) is 17.5. The fourth-order valence-corrected chi connectivity index (χ4v) is 4.59. The van der Waals surface area contributed by atoms with Crippen molar-refractivity contribution in [1.82, 2.24) is 5.32 Å². The molecule has 1 aromatic carbocycles. The van der Waals surface area contributed by atoms with E-state index in [1.54, 1.807) is 0 Å². The Kier molecular flexibility index (Phi) is 5.12. The molecule has 23 heavy (non-hydrogen) atoms. The third-order valence-corrected chi connectivity index (χ3v) is 4.84. The van der Waals surface area contributed by atoms with Gasteiger partial charge in [0.15, 0.2) is 14.1 Å². The van der Waals surface area contributed by atoms with E-state index in [2.05, 4.69) is 83.8 Å². The average Bonchev–Trinajstić information content (AvgIpc) is 2.34. The van der Waals surface area contributed by atoms with E-state index in [9.17, 15) is 0 Å². The van der Waals surface area contributed by atoms with Crippen molar-refractivity contribution >= 4 is 8.32 Å². The highest BCUT2D eigenvalue weighted by molar-refractivity contribution is 6.69. The number of rotatable bonds is 5. The highest BCUT2D eigenvalue weighted by Gasteiger charge is 2.61. The van der Waals surface area contributed by atoms with Crippen LogP contribution < -0.4 is 5.32 Å². The molecule has 1 fully saturated rings. The second-order valence-corrected chi connectivity index (χ2v) is 13.3. The Morgan fingerprint density at radius 3 is 2.09 bits per heavy atom. The van der Waals surface area contributed by atoms with Crippen LogP contribution in [0.4, 0.5) is 0 Å². The lowest BCUT2D eigenvalue weighted by Crippen LogP contribution is -2.76. The van der Waals surface area contributed by atoms with Gasteiger partial charge in [0.05, 0.1) is 17.7 Å². The zero-order valence-electron chi connectivity index (χ0n) is 15.9. The molecule has 0 spiro atoms. The van der Waals surface area contributed by atoms with Gasteiger partial charge in [0.25, 0.3) is 0 Å². The second kappa shape index (κ2) is 6.32. The van der Waals surface area contributed by atoms with Crippen LogP contribution in [0.2, 0.25) is 19.6 Å². The van der Waals surface area contributed by atoms with Gasteiger partial charge in [-0.2, -0.15) is 0 Å². The molecule has 0 aliphatic carbocycles. The first kappa shape index (κ1) is 18.7. The quantitative estimate of drug-likeness (QED) is 0.624. The lowest BCUT2D eigenvalue weighted by Gasteiger charge is -2.61. The van der Waals surface area contributed by atoms with Gasteiger partial charge in [-0.3, -0.25) is 5.32 Å². The van der Waals surface area contributed by atoms with Gasteiger partial charge in [0.1, 0.15) is 0 Å². The maximum Gasteiger partial charge on any atom is 0.195 e. The van der Waals surface area contributed by atoms with Crippen LogP contribution in [0.25, 0.3) is 0 Å². The summed E-state index contributed by atoms with van der Waals surface area (Å²) >= 11 is 0. The Morgan fingerprint density at radius 2 is 1.65 bits per heavy atom. The highest BCUT2D eigenvalue weighted by Crippen LogP contribution is 2.48. The number of benzene rings is 1. The van der Waals surface area contributed by atoms with Crippen molar-refractivity contribution in [3.05, 3.63) is 35.9 Å². The van der Waals surface area contributed by atoms with Crippen LogP contribution in [0.5, 0.6) is 0 Å². The maximum absolute atomic E-state index is 6.73. The summed E-state index contributed by atoms with van der Waals surface area (Å²) in [6.07, 6.45) is 0. The lowest BCUT2D eigenvalue weighted by atomic mass is 9.77. The largest absolute Gasteiger partial charge is 0.388 e. The molecule has 0 unspecified atom stereocenters. The molecular formula is C19H33NO2Si. The van der Waals surface area contributed by atoms with E-state index in [1.165, 1.54) is 5.56 Å². The molecule has 2 rings (SSSR count). The molecule has 1 aliphatic rings. The Labute approximate surface area is 142 Å². The summed E-state index contributed by atoms with van der Waals surface area (Å²) in [5.74, 6) is -0.160. The lowest BCUT2D eigenvalue weighted by molar-refractivity contribution is -0.320. The summed E-state index contributed by atoms with van der Waals surface area (Å²) in [7, 11) is -1.79. The van der Waals surface area contributed by atoms with Crippen LogP contribution in [0.15, 0.2) is 30.3 Å². The summed E-state index contributed by atoms with van der Waals surface area (Å²) in [6, 6.07) is 10.8. The monoisotopic (exact) mass is 335 g/mol. The molecule has 0 aromatic heterocycles. The van der Waals surface area contributed by atoms with E-state index in [0.29, 0.717) is 5.92 Å². The van der Waals surface area contributed by atoms with Crippen molar-refractivity contribution in [2.45, 2.75) is 77.7 Å². The van der Waals surface area contributed by atoms with E-state index in [1.807, 2.05) is 6.07 Å². The van der Waals surface area contributed by atoms with Crippen molar-refractivity contribution in [2.24, 2.45) is 5.92 Å². The first-order chi connectivity index (χ1) is 10.4. The predicted molar refractivity (Wildman–Crippen MR) is 98.9 cm³/mol. The molecule has 0 amide bonds. The minimum atomic E-state index is -1.79. The van der Waals surface area contributed by atoms with Gasteiger partial charge in [0.2, 0.25) is 0 Å². The number of hydrogen-bond donors (Lipinski definition) is 1. The van der Waals surface area contributed by atoms with Crippen LogP contribution in [0.3, 0.4) is 0 Å². The van der Waals surface area contributed by atoms with Gasteiger partial charge in [-0.25, -0.2) is 0 Å². The number of ether oxygens (including phenoxy) is 1. The van der Waals surface area contributed by atoms with Crippen molar-refractivity contribution < 1.29 is 9.16 Å². The molecule has 0 radical (unpaired) electrons. The Bertz CT molecular complexity index is 500. The molecule has 1 N–H and O–H groups in total. The average molecular weight is 336 g/mol. The van der Waals surface area contributed by atoms with Gasteiger partial charge in [-0.05, 0) is 51.9 Å². The molecule has 4 heteroatoms. The summed E-state index contributed by atoms with van der Waals surface area (Å²) in [5, 5.41) is 3.70. The van der Waals surface area contributed by atoms with Crippen LogP contribution in [-0.2, 0) is 9.16 Å². The van der Waals surface area contributed by atoms with E-state index in [4.69, 9.17) is 9.16 Å². The van der Waals surface area contributed by atoms with E-state index < -0.39 is 14.1 Å². The Balaban J connectivity index is 2.45. The SMILES string of the molecule is CC(C)[C@@H]1N[C@H](c2ccccc2)[C@]1(OC(C)(C)C)O[Si](C)(C)C. The zero-order valence-corrected chi connectivity index (χ0v) is 16.9.